The van der Waals surface area contributed by atoms with E-state index in [0.717, 1.165) is 16.9 Å². The summed E-state index contributed by atoms with van der Waals surface area (Å²) in [5.41, 5.74) is 2.77. The second kappa shape index (κ2) is 4.45. The molecule has 0 spiro atoms. The normalized spacial score (nSPS) is 10.9. The molecule has 0 aliphatic rings. The first-order valence-corrected chi connectivity index (χ1v) is 5.14. The van der Waals surface area contributed by atoms with Crippen LogP contribution in [-0.4, -0.2) is 22.3 Å². The van der Waals surface area contributed by atoms with E-state index in [0.29, 0.717) is 13.0 Å². The average Bonchev–Trinajstić information content (AvgIpc) is 2.59. The molecule has 2 aromatic rings. The van der Waals surface area contributed by atoms with E-state index in [1.54, 1.807) is 14.0 Å². The molecule has 4 heteroatoms. The zero-order chi connectivity index (χ0) is 11.5. The minimum absolute atomic E-state index is 0.164. The van der Waals surface area contributed by atoms with E-state index in [1.165, 1.54) is 0 Å². The molecule has 0 saturated carbocycles. The van der Waals surface area contributed by atoms with E-state index >= 15 is 0 Å². The Kier molecular flexibility index (Phi) is 3.01. The van der Waals surface area contributed by atoms with Crippen molar-refractivity contribution in [2.75, 3.05) is 7.11 Å². The molecule has 0 N–H and O–H groups in total. The number of fused-ring (bicyclic) bond motifs is 1. The van der Waals surface area contributed by atoms with E-state index in [9.17, 15) is 4.79 Å². The highest BCUT2D eigenvalue weighted by molar-refractivity contribution is 5.78. The van der Waals surface area contributed by atoms with Crippen LogP contribution in [0.2, 0.25) is 0 Å². The van der Waals surface area contributed by atoms with Gasteiger partial charge in [0.1, 0.15) is 11.4 Å². The number of carbonyl (C=O) groups excluding carboxylic acids is 1. The highest BCUT2D eigenvalue weighted by atomic mass is 16.5. The predicted octanol–water partition coefficient (Wildman–Crippen LogP) is 1.61. The molecule has 2 rings (SSSR count). The Hall–Kier alpha value is -1.68. The number of pyridine rings is 1. The molecule has 0 fully saturated rings. The average molecular weight is 218 g/mol. The SMILES string of the molecule is COCc1cn2cc(CC(C)=O)ccc2n1. The summed E-state index contributed by atoms with van der Waals surface area (Å²) in [6.45, 7) is 2.10. The van der Waals surface area contributed by atoms with E-state index in [2.05, 4.69) is 4.98 Å². The summed E-state index contributed by atoms with van der Waals surface area (Å²) >= 11 is 0. The monoisotopic (exact) mass is 218 g/mol. The number of nitrogens with zero attached hydrogens (tertiary/aromatic N) is 2. The fraction of sp³-hybridized carbons (Fsp3) is 0.333. The van der Waals surface area contributed by atoms with Crippen molar-refractivity contribution in [2.45, 2.75) is 20.0 Å². The van der Waals surface area contributed by atoms with Crippen LogP contribution in [0.15, 0.2) is 24.5 Å². The Bertz CT molecular complexity index is 517. The molecule has 0 unspecified atom stereocenters. The molecular weight excluding hydrogens is 204 g/mol. The highest BCUT2D eigenvalue weighted by Gasteiger charge is 2.03. The van der Waals surface area contributed by atoms with Crippen LogP contribution in [0.25, 0.3) is 5.65 Å². The number of hydrogen-bond acceptors (Lipinski definition) is 3. The molecule has 0 aliphatic carbocycles. The zero-order valence-electron chi connectivity index (χ0n) is 9.43. The number of rotatable bonds is 4. The molecule has 0 saturated heterocycles. The third-order valence-corrected chi connectivity index (χ3v) is 2.31. The molecule has 2 aromatic heterocycles. The lowest BCUT2D eigenvalue weighted by Gasteiger charge is -1.98. The summed E-state index contributed by atoms with van der Waals surface area (Å²) in [6.07, 6.45) is 4.32. The van der Waals surface area contributed by atoms with Gasteiger partial charge in [-0.25, -0.2) is 4.98 Å². The Balaban J connectivity index is 2.33. The molecule has 84 valence electrons. The molecular formula is C12H14N2O2. The predicted molar refractivity (Wildman–Crippen MR) is 60.3 cm³/mol. The van der Waals surface area contributed by atoms with Gasteiger partial charge < -0.3 is 9.14 Å². The third-order valence-electron chi connectivity index (χ3n) is 2.31. The molecule has 0 aliphatic heterocycles. The smallest absolute Gasteiger partial charge is 0.137 e. The van der Waals surface area contributed by atoms with Crippen molar-refractivity contribution in [3.63, 3.8) is 0 Å². The van der Waals surface area contributed by atoms with Crippen molar-refractivity contribution in [2.24, 2.45) is 0 Å². The summed E-state index contributed by atoms with van der Waals surface area (Å²) in [4.78, 5) is 15.4. The van der Waals surface area contributed by atoms with Crippen LogP contribution in [0, 0.1) is 0 Å². The van der Waals surface area contributed by atoms with E-state index < -0.39 is 0 Å². The maximum Gasteiger partial charge on any atom is 0.137 e. The van der Waals surface area contributed by atoms with E-state index in [1.807, 2.05) is 28.9 Å². The van der Waals surface area contributed by atoms with Crippen LogP contribution < -0.4 is 0 Å². The Morgan fingerprint density at radius 2 is 2.25 bits per heavy atom. The van der Waals surface area contributed by atoms with Crippen molar-refractivity contribution in [1.29, 1.82) is 0 Å². The van der Waals surface area contributed by atoms with Gasteiger partial charge >= 0.3 is 0 Å². The van der Waals surface area contributed by atoms with Crippen molar-refractivity contribution in [1.82, 2.24) is 9.38 Å². The number of ketones is 1. The number of hydrogen-bond donors (Lipinski definition) is 0. The molecule has 4 nitrogen and oxygen atoms in total. The maximum atomic E-state index is 11.0. The van der Waals surface area contributed by atoms with Crippen LogP contribution in [0.1, 0.15) is 18.2 Å². The standard InChI is InChI=1S/C12H14N2O2/c1-9(15)5-10-3-4-12-13-11(8-16-2)7-14(12)6-10/h3-4,6-7H,5,8H2,1-2H3. The summed E-state index contributed by atoms with van der Waals surface area (Å²) in [7, 11) is 1.64. The number of imidazole rings is 1. The number of aromatic nitrogens is 2. The largest absolute Gasteiger partial charge is 0.378 e. The summed E-state index contributed by atoms with van der Waals surface area (Å²) in [5, 5.41) is 0. The molecule has 0 atom stereocenters. The van der Waals surface area contributed by atoms with E-state index in [4.69, 9.17) is 4.74 Å². The lowest BCUT2D eigenvalue weighted by Crippen LogP contribution is -1.97. The second-order valence-electron chi connectivity index (χ2n) is 3.85. The van der Waals surface area contributed by atoms with Crippen LogP contribution >= 0.6 is 0 Å². The van der Waals surface area contributed by atoms with Gasteiger partial charge in [-0.2, -0.15) is 0 Å². The van der Waals surface area contributed by atoms with Gasteiger partial charge in [0.05, 0.1) is 12.3 Å². The highest BCUT2D eigenvalue weighted by Crippen LogP contribution is 2.09. The zero-order valence-corrected chi connectivity index (χ0v) is 9.43. The van der Waals surface area contributed by atoms with Crippen LogP contribution in [0.3, 0.4) is 0 Å². The minimum atomic E-state index is 0.164. The van der Waals surface area contributed by atoms with Crippen molar-refractivity contribution >= 4 is 11.4 Å². The quantitative estimate of drug-likeness (QED) is 0.783. The van der Waals surface area contributed by atoms with Gasteiger partial charge in [-0.1, -0.05) is 6.07 Å². The maximum absolute atomic E-state index is 11.0. The first-order valence-electron chi connectivity index (χ1n) is 5.14. The number of carbonyl (C=O) groups is 1. The Morgan fingerprint density at radius 1 is 1.44 bits per heavy atom. The van der Waals surface area contributed by atoms with Crippen LogP contribution in [0.5, 0.6) is 0 Å². The molecule has 0 bridgehead atoms. The van der Waals surface area contributed by atoms with Gasteiger partial charge in [0.25, 0.3) is 0 Å². The van der Waals surface area contributed by atoms with Crippen LogP contribution in [-0.2, 0) is 22.6 Å². The summed E-state index contributed by atoms with van der Waals surface area (Å²) < 4.78 is 6.95. The number of ether oxygens (including phenoxy) is 1. The van der Waals surface area contributed by atoms with Crippen molar-refractivity contribution in [3.05, 3.63) is 35.8 Å². The molecule has 0 aromatic carbocycles. The van der Waals surface area contributed by atoms with Gasteiger partial charge in [0.2, 0.25) is 0 Å². The number of methoxy groups -OCH3 is 1. The van der Waals surface area contributed by atoms with Gasteiger partial charge in [-0.05, 0) is 18.6 Å². The fourth-order valence-electron chi connectivity index (χ4n) is 1.70. The second-order valence-corrected chi connectivity index (χ2v) is 3.85. The molecule has 2 heterocycles. The van der Waals surface area contributed by atoms with Gasteiger partial charge in [0, 0.05) is 25.9 Å². The minimum Gasteiger partial charge on any atom is -0.378 e. The van der Waals surface area contributed by atoms with Gasteiger partial charge in [0.15, 0.2) is 0 Å². The molecule has 0 radical (unpaired) electrons. The van der Waals surface area contributed by atoms with E-state index in [-0.39, 0.29) is 5.78 Å². The van der Waals surface area contributed by atoms with Crippen LogP contribution in [0.4, 0.5) is 0 Å². The molecule has 0 amide bonds. The number of Topliss-reactive ketones (excluding diaryl/α,β-unsaturated/α-hetero) is 1. The first kappa shape index (κ1) is 10.8. The first-order chi connectivity index (χ1) is 7.69. The topological polar surface area (TPSA) is 43.6 Å². The third kappa shape index (κ3) is 2.28. The van der Waals surface area contributed by atoms with Crippen molar-refractivity contribution in [3.8, 4) is 0 Å². The fourth-order valence-corrected chi connectivity index (χ4v) is 1.70. The van der Waals surface area contributed by atoms with Gasteiger partial charge in [-0.15, -0.1) is 0 Å². The van der Waals surface area contributed by atoms with Crippen molar-refractivity contribution < 1.29 is 9.53 Å². The summed E-state index contributed by atoms with van der Waals surface area (Å²) in [6, 6.07) is 3.84. The lowest BCUT2D eigenvalue weighted by molar-refractivity contribution is -0.116. The Morgan fingerprint density at radius 3 is 2.94 bits per heavy atom. The summed E-state index contributed by atoms with van der Waals surface area (Å²) in [5.74, 6) is 0.164. The Labute approximate surface area is 93.9 Å². The van der Waals surface area contributed by atoms with Gasteiger partial charge in [-0.3, -0.25) is 4.79 Å². The molecule has 16 heavy (non-hydrogen) atoms. The lowest BCUT2D eigenvalue weighted by atomic mass is 10.1.